The molecule has 0 spiro atoms. The third kappa shape index (κ3) is 5.13. The first kappa shape index (κ1) is 21.7. The number of benzene rings is 2. The van der Waals surface area contributed by atoms with Crippen molar-refractivity contribution in [3.63, 3.8) is 0 Å². The Balaban J connectivity index is 2.05. The van der Waals surface area contributed by atoms with Crippen molar-refractivity contribution in [3.8, 4) is 0 Å². The summed E-state index contributed by atoms with van der Waals surface area (Å²) in [6.45, 7) is 7.30. The van der Waals surface area contributed by atoms with Gasteiger partial charge in [0.1, 0.15) is 12.6 Å². The predicted molar refractivity (Wildman–Crippen MR) is 119 cm³/mol. The Labute approximate surface area is 178 Å². The van der Waals surface area contributed by atoms with E-state index in [1.165, 1.54) is 4.90 Å². The number of amides is 1. The molecule has 1 atom stereocenters. The fourth-order valence-corrected chi connectivity index (χ4v) is 3.46. The van der Waals surface area contributed by atoms with Crippen molar-refractivity contribution in [1.82, 2.24) is 5.32 Å². The second-order valence-corrected chi connectivity index (χ2v) is 7.66. The first-order chi connectivity index (χ1) is 14.5. The summed E-state index contributed by atoms with van der Waals surface area (Å²) in [5.74, 6) is -0.188. The van der Waals surface area contributed by atoms with Crippen LogP contribution in [0.25, 0.3) is 0 Å². The molecule has 1 heterocycles. The first-order valence-corrected chi connectivity index (χ1v) is 10.4. The van der Waals surface area contributed by atoms with Crippen LogP contribution < -0.4 is 10.2 Å². The molecule has 2 aromatic carbocycles. The standard InChI is InChI=1S/C24H29N3O3/c1-4-30-22(28)16-27-21-13-9-8-12-19(21)23(18-10-6-5-7-11-18)26-20(24(27)29)15-25-14-17(2)3/h5-13,17,20,25H,4,14-16H2,1-3H3/t20-/m1/s1. The second-order valence-electron chi connectivity index (χ2n) is 7.66. The highest BCUT2D eigenvalue weighted by Crippen LogP contribution is 2.28. The smallest absolute Gasteiger partial charge is 0.326 e. The predicted octanol–water partition coefficient (Wildman–Crippen LogP) is 3.05. The van der Waals surface area contributed by atoms with Crippen LogP contribution in [0.5, 0.6) is 0 Å². The van der Waals surface area contributed by atoms with Crippen molar-refractivity contribution in [2.45, 2.75) is 26.8 Å². The zero-order chi connectivity index (χ0) is 21.5. The van der Waals surface area contributed by atoms with Crippen LogP contribution in [0.4, 0.5) is 5.69 Å². The van der Waals surface area contributed by atoms with Crippen molar-refractivity contribution >= 4 is 23.3 Å². The summed E-state index contributed by atoms with van der Waals surface area (Å²) in [5.41, 5.74) is 3.18. The Hall–Kier alpha value is -2.99. The third-order valence-electron chi connectivity index (χ3n) is 4.82. The summed E-state index contributed by atoms with van der Waals surface area (Å²) in [6.07, 6.45) is 0. The SMILES string of the molecule is CCOC(=O)CN1C(=O)[C@@H](CNCC(C)C)N=C(c2ccccc2)c2ccccc21. The van der Waals surface area contributed by atoms with E-state index in [1.807, 2.05) is 54.6 Å². The monoisotopic (exact) mass is 407 g/mol. The van der Waals surface area contributed by atoms with Crippen molar-refractivity contribution in [3.05, 3.63) is 65.7 Å². The van der Waals surface area contributed by atoms with Crippen LogP contribution in [0.1, 0.15) is 31.9 Å². The van der Waals surface area contributed by atoms with E-state index in [0.29, 0.717) is 18.2 Å². The van der Waals surface area contributed by atoms with Crippen LogP contribution in [0.15, 0.2) is 59.6 Å². The molecule has 1 aliphatic rings. The van der Waals surface area contributed by atoms with E-state index in [-0.39, 0.29) is 19.1 Å². The average Bonchev–Trinajstić information content (AvgIpc) is 2.85. The molecule has 1 amide bonds. The number of anilines is 1. The second kappa shape index (κ2) is 10.2. The number of nitrogens with one attached hydrogen (secondary N) is 1. The highest BCUT2D eigenvalue weighted by molar-refractivity contribution is 6.20. The number of ether oxygens (including phenoxy) is 1. The maximum Gasteiger partial charge on any atom is 0.326 e. The topological polar surface area (TPSA) is 71.0 Å². The minimum Gasteiger partial charge on any atom is -0.465 e. The molecule has 0 aromatic heterocycles. The maximum absolute atomic E-state index is 13.5. The third-order valence-corrected chi connectivity index (χ3v) is 4.82. The first-order valence-electron chi connectivity index (χ1n) is 10.4. The van der Waals surface area contributed by atoms with Crippen LogP contribution >= 0.6 is 0 Å². The van der Waals surface area contributed by atoms with E-state index in [9.17, 15) is 9.59 Å². The van der Waals surface area contributed by atoms with E-state index in [2.05, 4.69) is 19.2 Å². The molecular weight excluding hydrogens is 378 g/mol. The number of hydrogen-bond donors (Lipinski definition) is 1. The minimum atomic E-state index is -0.638. The van der Waals surface area contributed by atoms with Crippen molar-refractivity contribution in [2.75, 3.05) is 31.1 Å². The van der Waals surface area contributed by atoms with Crippen molar-refractivity contribution in [2.24, 2.45) is 10.9 Å². The molecule has 0 aliphatic carbocycles. The van der Waals surface area contributed by atoms with Gasteiger partial charge in [-0.1, -0.05) is 62.4 Å². The Bertz CT molecular complexity index is 909. The van der Waals surface area contributed by atoms with Gasteiger partial charge in [-0.15, -0.1) is 0 Å². The quantitative estimate of drug-likeness (QED) is 0.683. The van der Waals surface area contributed by atoms with Crippen molar-refractivity contribution in [1.29, 1.82) is 0 Å². The molecule has 158 valence electrons. The minimum absolute atomic E-state index is 0.137. The van der Waals surface area contributed by atoms with Gasteiger partial charge in [0.15, 0.2) is 0 Å². The molecule has 0 fully saturated rings. The van der Waals surface area contributed by atoms with E-state index < -0.39 is 12.0 Å². The zero-order valence-electron chi connectivity index (χ0n) is 17.8. The average molecular weight is 408 g/mol. The lowest BCUT2D eigenvalue weighted by molar-refractivity contribution is -0.142. The van der Waals surface area contributed by atoms with Gasteiger partial charge in [-0.25, -0.2) is 0 Å². The Morgan fingerprint density at radius 2 is 1.83 bits per heavy atom. The van der Waals surface area contributed by atoms with E-state index >= 15 is 0 Å². The summed E-state index contributed by atoms with van der Waals surface area (Å²) in [4.78, 5) is 32.1. The molecule has 6 nitrogen and oxygen atoms in total. The molecule has 30 heavy (non-hydrogen) atoms. The van der Waals surface area contributed by atoms with E-state index in [0.717, 1.165) is 23.4 Å². The van der Waals surface area contributed by atoms with Crippen molar-refractivity contribution < 1.29 is 14.3 Å². The number of fused-ring (bicyclic) bond motifs is 1. The van der Waals surface area contributed by atoms with Crippen LogP contribution in [0.2, 0.25) is 0 Å². The van der Waals surface area contributed by atoms with Crippen LogP contribution in [0, 0.1) is 5.92 Å². The van der Waals surface area contributed by atoms with Gasteiger partial charge < -0.3 is 10.1 Å². The normalized spacial score (nSPS) is 16.1. The number of benzodiazepines with no additional fused rings is 1. The zero-order valence-corrected chi connectivity index (χ0v) is 17.8. The van der Waals surface area contributed by atoms with Crippen LogP contribution in [-0.4, -0.2) is 49.9 Å². The summed E-state index contributed by atoms with van der Waals surface area (Å²) in [5, 5.41) is 3.34. The van der Waals surface area contributed by atoms with Gasteiger partial charge in [-0.05, 0) is 25.5 Å². The summed E-state index contributed by atoms with van der Waals surface area (Å²) in [6, 6.07) is 16.8. The maximum atomic E-state index is 13.5. The molecule has 0 radical (unpaired) electrons. The molecule has 2 aromatic rings. The van der Waals surface area contributed by atoms with Gasteiger partial charge in [0.2, 0.25) is 0 Å². The van der Waals surface area contributed by atoms with Gasteiger partial charge in [0.05, 0.1) is 18.0 Å². The summed E-state index contributed by atoms with van der Waals surface area (Å²) < 4.78 is 5.12. The molecular formula is C24H29N3O3. The summed E-state index contributed by atoms with van der Waals surface area (Å²) >= 11 is 0. The molecule has 3 rings (SSSR count). The van der Waals surface area contributed by atoms with Gasteiger partial charge in [-0.2, -0.15) is 0 Å². The summed E-state index contributed by atoms with van der Waals surface area (Å²) in [7, 11) is 0. The largest absolute Gasteiger partial charge is 0.465 e. The molecule has 0 unspecified atom stereocenters. The number of nitrogens with zero attached hydrogens (tertiary/aromatic N) is 2. The number of rotatable bonds is 8. The van der Waals surface area contributed by atoms with Gasteiger partial charge in [-0.3, -0.25) is 19.5 Å². The Kier molecular flexibility index (Phi) is 7.36. The highest BCUT2D eigenvalue weighted by atomic mass is 16.5. The molecule has 0 saturated carbocycles. The number of para-hydroxylation sites is 1. The molecule has 1 N–H and O–H groups in total. The van der Waals surface area contributed by atoms with Gasteiger partial charge in [0, 0.05) is 17.7 Å². The molecule has 6 heteroatoms. The van der Waals surface area contributed by atoms with E-state index in [4.69, 9.17) is 9.73 Å². The molecule has 0 bridgehead atoms. The number of carbonyl (C=O) groups is 2. The highest BCUT2D eigenvalue weighted by Gasteiger charge is 2.33. The lowest BCUT2D eigenvalue weighted by Gasteiger charge is -2.24. The fraction of sp³-hybridized carbons (Fsp3) is 0.375. The number of esters is 1. The number of hydrogen-bond acceptors (Lipinski definition) is 5. The molecule has 0 saturated heterocycles. The fourth-order valence-electron chi connectivity index (χ4n) is 3.46. The van der Waals surface area contributed by atoms with Crippen LogP contribution in [-0.2, 0) is 14.3 Å². The lowest BCUT2D eigenvalue weighted by Crippen LogP contribution is -2.45. The van der Waals surface area contributed by atoms with Gasteiger partial charge in [0.25, 0.3) is 5.91 Å². The van der Waals surface area contributed by atoms with Crippen LogP contribution in [0.3, 0.4) is 0 Å². The molecule has 1 aliphatic heterocycles. The van der Waals surface area contributed by atoms with Gasteiger partial charge >= 0.3 is 5.97 Å². The Morgan fingerprint density at radius 3 is 2.53 bits per heavy atom. The van der Waals surface area contributed by atoms with E-state index in [1.54, 1.807) is 6.92 Å². The number of aliphatic imine (C=N–C) groups is 1. The lowest BCUT2D eigenvalue weighted by atomic mass is 10.0. The Morgan fingerprint density at radius 1 is 1.13 bits per heavy atom. The number of carbonyl (C=O) groups excluding carboxylic acids is 2.